The van der Waals surface area contributed by atoms with Gasteiger partial charge >= 0.3 is 17.6 Å². The van der Waals surface area contributed by atoms with Gasteiger partial charge in [0.15, 0.2) is 0 Å². The molecule has 0 aliphatic carbocycles. The van der Waals surface area contributed by atoms with Crippen molar-refractivity contribution in [2.45, 2.75) is 26.5 Å². The molecule has 0 aromatic carbocycles. The van der Waals surface area contributed by atoms with E-state index in [0.29, 0.717) is 5.46 Å². The van der Waals surface area contributed by atoms with E-state index in [1.165, 1.54) is 24.6 Å². The van der Waals surface area contributed by atoms with E-state index in [2.05, 4.69) is 4.98 Å². The van der Waals surface area contributed by atoms with Gasteiger partial charge in [0.05, 0.1) is 13.2 Å². The maximum absolute atomic E-state index is 11.9. The van der Waals surface area contributed by atoms with Crippen LogP contribution >= 0.6 is 0 Å². The number of hydrogen-bond acceptors (Lipinski definition) is 7. The topological polar surface area (TPSA) is 117 Å². The second-order valence-electron chi connectivity index (χ2n) is 4.77. The quantitative estimate of drug-likeness (QED) is 0.328. The number of nitrogens with one attached hydrogen (secondary N) is 1. The van der Waals surface area contributed by atoms with Crippen LogP contribution in [-0.2, 0) is 23.8 Å². The van der Waals surface area contributed by atoms with E-state index >= 15 is 0 Å². The number of aromatic amines is 1. The van der Waals surface area contributed by atoms with Gasteiger partial charge < -0.3 is 14.2 Å². The molecule has 1 aromatic rings. The summed E-state index contributed by atoms with van der Waals surface area (Å²) in [5.41, 5.74) is -0.781. The molecular weight excluding hydrogens is 307 g/mol. The van der Waals surface area contributed by atoms with Crippen molar-refractivity contribution in [3.05, 3.63) is 27.0 Å². The molecule has 0 bridgehead atoms. The minimum atomic E-state index is -0.770. The molecule has 1 aromatic heterocycles. The molecular formula is C13H19BN2O7. The van der Waals surface area contributed by atoms with Gasteiger partial charge in [0.1, 0.15) is 20.7 Å². The number of ether oxygens (including phenoxy) is 3. The van der Waals surface area contributed by atoms with Crippen LogP contribution in [0.15, 0.2) is 15.8 Å². The van der Waals surface area contributed by atoms with Crippen LogP contribution in [0.5, 0.6) is 0 Å². The van der Waals surface area contributed by atoms with Crippen molar-refractivity contribution >= 4 is 25.2 Å². The number of hydrogen-bond donors (Lipinski definition) is 1. The van der Waals surface area contributed by atoms with E-state index in [9.17, 15) is 19.2 Å². The van der Waals surface area contributed by atoms with Crippen LogP contribution in [0.4, 0.5) is 0 Å². The van der Waals surface area contributed by atoms with E-state index in [1.54, 1.807) is 7.85 Å². The summed E-state index contributed by atoms with van der Waals surface area (Å²) in [5, 5.41) is 0. The molecule has 0 unspecified atom stereocenters. The van der Waals surface area contributed by atoms with E-state index in [-0.39, 0.29) is 26.2 Å². The molecule has 0 amide bonds. The van der Waals surface area contributed by atoms with Gasteiger partial charge in [0.25, 0.3) is 0 Å². The van der Waals surface area contributed by atoms with Gasteiger partial charge in [-0.1, -0.05) is 0 Å². The Morgan fingerprint density at radius 3 is 2.39 bits per heavy atom. The lowest BCUT2D eigenvalue weighted by Crippen LogP contribution is -2.41. The maximum atomic E-state index is 11.9. The van der Waals surface area contributed by atoms with Crippen molar-refractivity contribution in [2.24, 2.45) is 0 Å². The van der Waals surface area contributed by atoms with E-state index in [1.807, 2.05) is 0 Å². The molecule has 0 radical (unpaired) electrons. The lowest BCUT2D eigenvalue weighted by molar-refractivity contribution is -0.146. The molecule has 23 heavy (non-hydrogen) atoms. The Morgan fingerprint density at radius 2 is 1.78 bits per heavy atom. The van der Waals surface area contributed by atoms with Crippen molar-refractivity contribution in [1.82, 2.24) is 9.55 Å². The lowest BCUT2D eigenvalue weighted by Gasteiger charge is -2.20. The summed E-state index contributed by atoms with van der Waals surface area (Å²) in [6, 6.07) is 0. The fourth-order valence-electron chi connectivity index (χ4n) is 1.78. The van der Waals surface area contributed by atoms with Crippen LogP contribution < -0.4 is 16.7 Å². The molecule has 126 valence electrons. The minimum absolute atomic E-state index is 0.0243. The molecule has 0 aliphatic heterocycles. The molecule has 0 saturated heterocycles. The summed E-state index contributed by atoms with van der Waals surface area (Å²) >= 11 is 0. The standard InChI is InChI=1S/C13H19BN2O7/c1-8(17)21-4-3-11(23-6-5-22-9(2)18)16-7-10(14)12(19)15-13(16)20/h7,11H,3-6,14H2,1-2H3,(H,15,19,20)/t11-/m1/s1. The first-order valence-corrected chi connectivity index (χ1v) is 7.01. The van der Waals surface area contributed by atoms with Crippen LogP contribution in [0.3, 0.4) is 0 Å². The Hall–Kier alpha value is -2.36. The maximum Gasteiger partial charge on any atom is 0.330 e. The number of carbonyl (C=O) groups is 2. The average molecular weight is 326 g/mol. The Kier molecular flexibility index (Phi) is 7.26. The fraction of sp³-hybridized carbons (Fsp3) is 0.538. The highest BCUT2D eigenvalue weighted by Crippen LogP contribution is 2.10. The normalized spacial score (nSPS) is 11.7. The zero-order valence-electron chi connectivity index (χ0n) is 13.3. The Morgan fingerprint density at radius 1 is 1.17 bits per heavy atom. The lowest BCUT2D eigenvalue weighted by atomic mass is 10.0. The molecule has 1 heterocycles. The van der Waals surface area contributed by atoms with Crippen LogP contribution in [-0.4, -0.2) is 49.2 Å². The average Bonchev–Trinajstić information content (AvgIpc) is 2.45. The highest BCUT2D eigenvalue weighted by molar-refractivity contribution is 6.31. The number of aromatic nitrogens is 2. The number of carbonyl (C=O) groups excluding carboxylic acids is 2. The summed E-state index contributed by atoms with van der Waals surface area (Å²) in [5.74, 6) is -0.893. The van der Waals surface area contributed by atoms with Crippen LogP contribution in [0.25, 0.3) is 0 Å². The number of esters is 2. The molecule has 1 rings (SSSR count). The first kappa shape index (κ1) is 18.7. The first-order chi connectivity index (χ1) is 10.8. The number of H-pyrrole nitrogens is 1. The van der Waals surface area contributed by atoms with Gasteiger partial charge in [-0.25, -0.2) is 4.79 Å². The van der Waals surface area contributed by atoms with Crippen molar-refractivity contribution in [1.29, 1.82) is 0 Å². The van der Waals surface area contributed by atoms with Gasteiger partial charge in [-0.15, -0.1) is 0 Å². The minimum Gasteiger partial charge on any atom is -0.466 e. The number of rotatable bonds is 8. The Bertz CT molecular complexity index is 667. The summed E-state index contributed by atoms with van der Waals surface area (Å²) in [7, 11) is 1.55. The van der Waals surface area contributed by atoms with Crippen molar-refractivity contribution in [3.8, 4) is 0 Å². The molecule has 9 nitrogen and oxygen atoms in total. The van der Waals surface area contributed by atoms with Gasteiger partial charge in [-0.2, -0.15) is 0 Å². The summed E-state index contributed by atoms with van der Waals surface area (Å²) in [6.07, 6.45) is 0.796. The van der Waals surface area contributed by atoms with Crippen molar-refractivity contribution in [2.75, 3.05) is 19.8 Å². The summed E-state index contributed by atoms with van der Waals surface area (Å²) < 4.78 is 16.3. The van der Waals surface area contributed by atoms with E-state index in [4.69, 9.17) is 14.2 Å². The molecule has 1 atom stereocenters. The zero-order valence-corrected chi connectivity index (χ0v) is 13.3. The van der Waals surface area contributed by atoms with Gasteiger partial charge in [-0.3, -0.25) is 23.9 Å². The second-order valence-corrected chi connectivity index (χ2v) is 4.77. The fourth-order valence-corrected chi connectivity index (χ4v) is 1.78. The second kappa shape index (κ2) is 8.94. The third-order valence-corrected chi connectivity index (χ3v) is 2.83. The third-order valence-electron chi connectivity index (χ3n) is 2.83. The molecule has 0 saturated carbocycles. The highest BCUT2D eigenvalue weighted by Gasteiger charge is 2.15. The molecule has 10 heteroatoms. The molecule has 0 fully saturated rings. The van der Waals surface area contributed by atoms with Crippen molar-refractivity contribution in [3.63, 3.8) is 0 Å². The highest BCUT2D eigenvalue weighted by atomic mass is 16.6. The van der Waals surface area contributed by atoms with Crippen molar-refractivity contribution < 1.29 is 23.8 Å². The largest absolute Gasteiger partial charge is 0.466 e. The Labute approximate surface area is 133 Å². The summed E-state index contributed by atoms with van der Waals surface area (Å²) in [4.78, 5) is 47.0. The Balaban J connectivity index is 2.83. The predicted octanol–water partition coefficient (Wildman–Crippen LogP) is -2.17. The van der Waals surface area contributed by atoms with Gasteiger partial charge in [0.2, 0.25) is 5.56 Å². The van der Waals surface area contributed by atoms with Crippen LogP contribution in [0.2, 0.25) is 0 Å². The first-order valence-electron chi connectivity index (χ1n) is 7.01. The van der Waals surface area contributed by atoms with E-state index < -0.39 is 29.4 Å². The van der Waals surface area contributed by atoms with Gasteiger partial charge in [-0.05, 0) is 5.46 Å². The third kappa shape index (κ3) is 6.51. The smallest absolute Gasteiger partial charge is 0.330 e. The molecule has 1 N–H and O–H groups in total. The number of nitrogens with zero attached hydrogens (tertiary/aromatic N) is 1. The SMILES string of the molecule is Bc1cn([C@@H](CCOC(C)=O)OCCOC(C)=O)c(=O)[nH]c1=O. The zero-order chi connectivity index (χ0) is 17.4. The van der Waals surface area contributed by atoms with E-state index in [0.717, 1.165) is 0 Å². The molecule has 0 spiro atoms. The predicted molar refractivity (Wildman–Crippen MR) is 82.4 cm³/mol. The van der Waals surface area contributed by atoms with Crippen LogP contribution in [0.1, 0.15) is 26.5 Å². The monoisotopic (exact) mass is 326 g/mol. The van der Waals surface area contributed by atoms with Gasteiger partial charge in [0, 0.05) is 26.5 Å². The van der Waals surface area contributed by atoms with Crippen LogP contribution in [0, 0.1) is 0 Å². The summed E-state index contributed by atoms with van der Waals surface area (Å²) in [6.45, 7) is 2.66. The molecule has 0 aliphatic rings.